The molecule has 0 aliphatic heterocycles. The number of nitrogens with one attached hydrogen (secondary N) is 2. The molecule has 5 nitrogen and oxygen atoms in total. The number of hydrogen-bond acceptors (Lipinski definition) is 3. The maximum absolute atomic E-state index is 11.7. The first kappa shape index (κ1) is 14.1. The van der Waals surface area contributed by atoms with Gasteiger partial charge in [0, 0.05) is 13.1 Å². The SMILES string of the molecule is O=C(NCCc1ccc2ncoc2c1)NCc1ccccc1. The molecule has 1 aromatic heterocycles. The molecule has 22 heavy (non-hydrogen) atoms. The van der Waals surface area contributed by atoms with Gasteiger partial charge in [0.2, 0.25) is 0 Å². The molecule has 2 amide bonds. The molecule has 2 N–H and O–H groups in total. The lowest BCUT2D eigenvalue weighted by Gasteiger charge is -2.07. The minimum atomic E-state index is -0.162. The van der Waals surface area contributed by atoms with E-state index in [4.69, 9.17) is 4.42 Å². The molecule has 0 saturated heterocycles. The molecule has 112 valence electrons. The summed E-state index contributed by atoms with van der Waals surface area (Å²) in [6, 6.07) is 15.5. The highest BCUT2D eigenvalue weighted by molar-refractivity contribution is 5.74. The van der Waals surface area contributed by atoms with Gasteiger partial charge in [-0.05, 0) is 29.7 Å². The van der Waals surface area contributed by atoms with Gasteiger partial charge in [-0.25, -0.2) is 9.78 Å². The molecule has 0 radical (unpaired) electrons. The first-order valence-electron chi connectivity index (χ1n) is 7.19. The average Bonchev–Trinajstić information content (AvgIpc) is 3.02. The van der Waals surface area contributed by atoms with Crippen molar-refractivity contribution in [1.29, 1.82) is 0 Å². The third-order valence-corrected chi connectivity index (χ3v) is 3.39. The maximum Gasteiger partial charge on any atom is 0.315 e. The van der Waals surface area contributed by atoms with Crippen LogP contribution < -0.4 is 10.6 Å². The van der Waals surface area contributed by atoms with Crippen LogP contribution in [0.15, 0.2) is 59.3 Å². The van der Waals surface area contributed by atoms with Crippen molar-refractivity contribution in [3.63, 3.8) is 0 Å². The van der Waals surface area contributed by atoms with Crippen LogP contribution in [0.5, 0.6) is 0 Å². The van der Waals surface area contributed by atoms with E-state index >= 15 is 0 Å². The Morgan fingerprint density at radius 2 is 1.91 bits per heavy atom. The summed E-state index contributed by atoms with van der Waals surface area (Å²) in [6.45, 7) is 1.09. The van der Waals surface area contributed by atoms with E-state index in [9.17, 15) is 4.79 Å². The summed E-state index contributed by atoms with van der Waals surface area (Å²) in [5.74, 6) is 0. The predicted octanol–water partition coefficient (Wildman–Crippen LogP) is 2.87. The lowest BCUT2D eigenvalue weighted by molar-refractivity contribution is 0.240. The van der Waals surface area contributed by atoms with Gasteiger partial charge in [-0.2, -0.15) is 0 Å². The third-order valence-electron chi connectivity index (χ3n) is 3.39. The molecule has 0 aliphatic carbocycles. The van der Waals surface area contributed by atoms with Crippen LogP contribution in [0.3, 0.4) is 0 Å². The summed E-state index contributed by atoms with van der Waals surface area (Å²) in [5, 5.41) is 5.68. The first-order chi connectivity index (χ1) is 10.8. The molecule has 0 atom stereocenters. The molecular weight excluding hydrogens is 278 g/mol. The predicted molar refractivity (Wildman–Crippen MR) is 84.4 cm³/mol. The number of amides is 2. The van der Waals surface area contributed by atoms with Crippen molar-refractivity contribution in [3.05, 3.63) is 66.1 Å². The van der Waals surface area contributed by atoms with Crippen molar-refractivity contribution >= 4 is 17.1 Å². The van der Waals surface area contributed by atoms with Gasteiger partial charge >= 0.3 is 6.03 Å². The lowest BCUT2D eigenvalue weighted by atomic mass is 10.1. The fourth-order valence-electron chi connectivity index (χ4n) is 2.22. The van der Waals surface area contributed by atoms with Gasteiger partial charge in [-0.15, -0.1) is 0 Å². The van der Waals surface area contributed by atoms with Gasteiger partial charge in [0.1, 0.15) is 5.52 Å². The molecule has 3 rings (SSSR count). The number of aromatic nitrogens is 1. The summed E-state index contributed by atoms with van der Waals surface area (Å²) in [5.41, 5.74) is 3.80. The van der Waals surface area contributed by atoms with Crippen LogP contribution in [-0.2, 0) is 13.0 Å². The van der Waals surface area contributed by atoms with Crippen LogP contribution >= 0.6 is 0 Å². The highest BCUT2D eigenvalue weighted by Gasteiger charge is 2.02. The molecule has 0 unspecified atom stereocenters. The number of nitrogens with zero attached hydrogens (tertiary/aromatic N) is 1. The Bertz CT molecular complexity index is 753. The van der Waals surface area contributed by atoms with Crippen molar-refractivity contribution in [2.75, 3.05) is 6.54 Å². The molecule has 1 heterocycles. The van der Waals surface area contributed by atoms with Crippen molar-refractivity contribution in [1.82, 2.24) is 15.6 Å². The number of hydrogen-bond donors (Lipinski definition) is 2. The van der Waals surface area contributed by atoms with Crippen molar-refractivity contribution in [2.45, 2.75) is 13.0 Å². The molecule has 0 fully saturated rings. The van der Waals surface area contributed by atoms with Crippen molar-refractivity contribution < 1.29 is 9.21 Å². The third kappa shape index (κ3) is 3.63. The Kier molecular flexibility index (Phi) is 4.34. The van der Waals surface area contributed by atoms with Crippen LogP contribution in [0.1, 0.15) is 11.1 Å². The van der Waals surface area contributed by atoms with Gasteiger partial charge < -0.3 is 15.1 Å². The smallest absolute Gasteiger partial charge is 0.315 e. The maximum atomic E-state index is 11.7. The van der Waals surface area contributed by atoms with Gasteiger partial charge in [-0.3, -0.25) is 0 Å². The van der Waals surface area contributed by atoms with E-state index in [1.54, 1.807) is 0 Å². The Morgan fingerprint density at radius 3 is 2.77 bits per heavy atom. The zero-order valence-electron chi connectivity index (χ0n) is 12.1. The normalized spacial score (nSPS) is 10.5. The number of rotatable bonds is 5. The fourth-order valence-corrected chi connectivity index (χ4v) is 2.22. The summed E-state index contributed by atoms with van der Waals surface area (Å²) in [7, 11) is 0. The van der Waals surface area contributed by atoms with Gasteiger partial charge in [0.15, 0.2) is 12.0 Å². The van der Waals surface area contributed by atoms with Crippen molar-refractivity contribution in [3.8, 4) is 0 Å². The van der Waals surface area contributed by atoms with Crippen LogP contribution in [0.25, 0.3) is 11.1 Å². The monoisotopic (exact) mass is 295 g/mol. The second-order valence-electron chi connectivity index (χ2n) is 5.00. The highest BCUT2D eigenvalue weighted by atomic mass is 16.3. The van der Waals surface area contributed by atoms with E-state index in [0.29, 0.717) is 13.1 Å². The quantitative estimate of drug-likeness (QED) is 0.760. The lowest BCUT2D eigenvalue weighted by Crippen LogP contribution is -2.36. The Balaban J connectivity index is 1.43. The van der Waals surface area contributed by atoms with Gasteiger partial charge in [0.05, 0.1) is 0 Å². The van der Waals surface area contributed by atoms with E-state index in [1.807, 2.05) is 48.5 Å². The Morgan fingerprint density at radius 1 is 1.05 bits per heavy atom. The molecule has 0 saturated carbocycles. The summed E-state index contributed by atoms with van der Waals surface area (Å²) in [6.07, 6.45) is 2.18. The Hall–Kier alpha value is -2.82. The second-order valence-corrected chi connectivity index (χ2v) is 5.00. The number of oxazole rings is 1. The molecule has 0 spiro atoms. The Labute approximate surface area is 128 Å². The first-order valence-corrected chi connectivity index (χ1v) is 7.19. The van der Waals surface area contributed by atoms with Crippen LogP contribution in [0, 0.1) is 0 Å². The molecular formula is C17H17N3O2. The molecule has 0 aliphatic rings. The van der Waals surface area contributed by atoms with E-state index in [2.05, 4.69) is 15.6 Å². The van der Waals surface area contributed by atoms with E-state index < -0.39 is 0 Å². The van der Waals surface area contributed by atoms with E-state index in [-0.39, 0.29) is 6.03 Å². The minimum absolute atomic E-state index is 0.162. The fraction of sp³-hybridized carbons (Fsp3) is 0.176. The summed E-state index contributed by atoms with van der Waals surface area (Å²) < 4.78 is 5.26. The topological polar surface area (TPSA) is 67.2 Å². The van der Waals surface area contributed by atoms with Crippen LogP contribution in [0.4, 0.5) is 4.79 Å². The van der Waals surface area contributed by atoms with Crippen molar-refractivity contribution in [2.24, 2.45) is 0 Å². The average molecular weight is 295 g/mol. The largest absolute Gasteiger partial charge is 0.443 e. The number of carbonyl (C=O) groups excluding carboxylic acids is 1. The second kappa shape index (κ2) is 6.76. The zero-order chi connectivity index (χ0) is 15.2. The number of carbonyl (C=O) groups is 1. The molecule has 0 bridgehead atoms. The highest BCUT2D eigenvalue weighted by Crippen LogP contribution is 2.14. The van der Waals surface area contributed by atoms with Gasteiger partial charge in [-0.1, -0.05) is 36.4 Å². The number of benzene rings is 2. The standard InChI is InChI=1S/C17H17N3O2/c21-17(19-11-14-4-2-1-3-5-14)18-9-8-13-6-7-15-16(10-13)22-12-20-15/h1-7,10,12H,8-9,11H2,(H2,18,19,21). The van der Waals surface area contributed by atoms with Crippen LogP contribution in [-0.4, -0.2) is 17.6 Å². The summed E-state index contributed by atoms with van der Waals surface area (Å²) >= 11 is 0. The number of fused-ring (bicyclic) bond motifs is 1. The van der Waals surface area contributed by atoms with E-state index in [0.717, 1.165) is 28.6 Å². The molecule has 3 aromatic rings. The number of urea groups is 1. The van der Waals surface area contributed by atoms with E-state index in [1.165, 1.54) is 6.39 Å². The van der Waals surface area contributed by atoms with Crippen LogP contribution in [0.2, 0.25) is 0 Å². The molecule has 2 aromatic carbocycles. The summed E-state index contributed by atoms with van der Waals surface area (Å²) in [4.78, 5) is 15.8. The minimum Gasteiger partial charge on any atom is -0.443 e. The zero-order valence-corrected chi connectivity index (χ0v) is 12.1. The van der Waals surface area contributed by atoms with Gasteiger partial charge in [0.25, 0.3) is 0 Å². The molecule has 5 heteroatoms.